The van der Waals surface area contributed by atoms with Crippen LogP contribution in [0.5, 0.6) is 0 Å². The van der Waals surface area contributed by atoms with Gasteiger partial charge in [0.25, 0.3) is 0 Å². The molecule has 0 aromatic heterocycles. The predicted octanol–water partition coefficient (Wildman–Crippen LogP) is 4.11. The molecule has 0 unspecified atom stereocenters. The van der Waals surface area contributed by atoms with E-state index in [1.54, 1.807) is 11.8 Å². The Kier molecular flexibility index (Phi) is 3.56. The van der Waals surface area contributed by atoms with Crippen molar-refractivity contribution in [3.05, 3.63) is 65.7 Å². The lowest BCUT2D eigenvalue weighted by Crippen LogP contribution is -2.07. The fraction of sp³-hybridized carbons (Fsp3) is 0.188. The second-order valence-electron chi connectivity index (χ2n) is 4.55. The van der Waals surface area contributed by atoms with Gasteiger partial charge in [0.15, 0.2) is 5.17 Å². The van der Waals surface area contributed by atoms with Gasteiger partial charge in [-0.3, -0.25) is 4.99 Å². The molecule has 1 aliphatic rings. The van der Waals surface area contributed by atoms with Gasteiger partial charge < -0.3 is 5.32 Å². The Bertz CT molecular complexity index is 593. The summed E-state index contributed by atoms with van der Waals surface area (Å²) in [6, 6.07) is 19.2. The number of rotatable bonds is 1. The number of hydrogen-bond acceptors (Lipinski definition) is 3. The molecule has 0 fully saturated rings. The first-order valence-corrected chi connectivity index (χ1v) is 7.61. The zero-order valence-electron chi connectivity index (χ0n) is 10.8. The van der Waals surface area contributed by atoms with Crippen LogP contribution in [0.3, 0.4) is 0 Å². The first kappa shape index (κ1) is 12.3. The van der Waals surface area contributed by atoms with Gasteiger partial charge in [-0.25, -0.2) is 0 Å². The van der Waals surface area contributed by atoms with Crippen molar-refractivity contribution >= 4 is 22.6 Å². The van der Waals surface area contributed by atoms with Crippen LogP contribution in [0.15, 0.2) is 59.6 Å². The van der Waals surface area contributed by atoms with Crippen LogP contribution in [0.1, 0.15) is 17.2 Å². The highest BCUT2D eigenvalue weighted by Crippen LogP contribution is 2.30. The number of anilines is 1. The molecule has 0 aliphatic carbocycles. The lowest BCUT2D eigenvalue weighted by Gasteiger charge is -2.11. The third-order valence-electron chi connectivity index (χ3n) is 3.32. The van der Waals surface area contributed by atoms with Gasteiger partial charge in [-0.05, 0) is 23.4 Å². The quantitative estimate of drug-likeness (QED) is 0.841. The molecule has 2 aromatic carbocycles. The van der Waals surface area contributed by atoms with Gasteiger partial charge in [0.1, 0.15) is 0 Å². The standard InChI is InChI=1S/C16H16N2S/c1-19-16-17-14-10-6-5-9-13(14)11-15(18-16)12-7-3-2-4-8-12/h2-10,15H,11H2,1H3,(H,17,18)/t15-/m1/s1. The first-order chi connectivity index (χ1) is 9.36. The van der Waals surface area contributed by atoms with E-state index in [0.29, 0.717) is 0 Å². The van der Waals surface area contributed by atoms with Gasteiger partial charge in [-0.2, -0.15) is 0 Å². The molecule has 96 valence electrons. The van der Waals surface area contributed by atoms with Crippen LogP contribution in [-0.4, -0.2) is 11.4 Å². The van der Waals surface area contributed by atoms with Crippen LogP contribution >= 0.6 is 11.8 Å². The fourth-order valence-electron chi connectivity index (χ4n) is 2.33. The molecule has 3 rings (SSSR count). The zero-order chi connectivity index (χ0) is 13.1. The van der Waals surface area contributed by atoms with E-state index in [-0.39, 0.29) is 6.04 Å². The molecule has 1 aliphatic heterocycles. The number of nitrogens with one attached hydrogen (secondary N) is 1. The summed E-state index contributed by atoms with van der Waals surface area (Å²) in [7, 11) is 0. The van der Waals surface area contributed by atoms with E-state index in [2.05, 4.69) is 60.1 Å². The monoisotopic (exact) mass is 268 g/mol. The Labute approximate surface area is 118 Å². The van der Waals surface area contributed by atoms with Crippen molar-refractivity contribution in [1.82, 2.24) is 0 Å². The van der Waals surface area contributed by atoms with Crippen LogP contribution in [0.25, 0.3) is 0 Å². The average molecular weight is 268 g/mol. The number of amidine groups is 1. The van der Waals surface area contributed by atoms with Gasteiger partial charge in [0, 0.05) is 12.1 Å². The molecule has 1 atom stereocenters. The van der Waals surface area contributed by atoms with Gasteiger partial charge in [0.05, 0.1) is 6.04 Å². The van der Waals surface area contributed by atoms with Crippen molar-refractivity contribution in [3.8, 4) is 0 Å². The first-order valence-electron chi connectivity index (χ1n) is 6.38. The molecule has 2 aromatic rings. The average Bonchev–Trinajstić information content (AvgIpc) is 2.67. The normalized spacial score (nSPS) is 17.9. The van der Waals surface area contributed by atoms with Crippen molar-refractivity contribution in [2.24, 2.45) is 4.99 Å². The second kappa shape index (κ2) is 5.49. The largest absolute Gasteiger partial charge is 0.335 e. The number of para-hydroxylation sites is 1. The highest BCUT2D eigenvalue weighted by Gasteiger charge is 2.18. The Morgan fingerprint density at radius 3 is 2.58 bits per heavy atom. The van der Waals surface area contributed by atoms with E-state index in [4.69, 9.17) is 4.99 Å². The van der Waals surface area contributed by atoms with Gasteiger partial charge in [-0.15, -0.1) is 0 Å². The number of hydrogen-bond donors (Lipinski definition) is 1. The highest BCUT2D eigenvalue weighted by molar-refractivity contribution is 8.13. The molecule has 3 heteroatoms. The molecule has 2 nitrogen and oxygen atoms in total. The minimum atomic E-state index is 0.194. The van der Waals surface area contributed by atoms with E-state index < -0.39 is 0 Å². The third kappa shape index (κ3) is 2.66. The maximum atomic E-state index is 4.85. The van der Waals surface area contributed by atoms with Crippen molar-refractivity contribution in [2.75, 3.05) is 11.6 Å². The van der Waals surface area contributed by atoms with Gasteiger partial charge in [0.2, 0.25) is 0 Å². The molecule has 19 heavy (non-hydrogen) atoms. The van der Waals surface area contributed by atoms with E-state index in [9.17, 15) is 0 Å². The van der Waals surface area contributed by atoms with Crippen LogP contribution < -0.4 is 5.32 Å². The Morgan fingerprint density at radius 1 is 1.05 bits per heavy atom. The van der Waals surface area contributed by atoms with E-state index in [0.717, 1.165) is 11.6 Å². The summed E-state index contributed by atoms with van der Waals surface area (Å²) in [5.41, 5.74) is 3.77. The van der Waals surface area contributed by atoms with Gasteiger partial charge in [-0.1, -0.05) is 60.3 Å². The summed E-state index contributed by atoms with van der Waals surface area (Å²) in [4.78, 5) is 4.85. The lowest BCUT2D eigenvalue weighted by molar-refractivity contribution is 0.733. The van der Waals surface area contributed by atoms with Crippen LogP contribution in [0, 0.1) is 0 Å². The Balaban J connectivity index is 2.02. The summed E-state index contributed by atoms with van der Waals surface area (Å²) < 4.78 is 0. The summed E-state index contributed by atoms with van der Waals surface area (Å²) in [5, 5.41) is 4.41. The van der Waals surface area contributed by atoms with Crippen molar-refractivity contribution in [2.45, 2.75) is 12.5 Å². The molecule has 1 heterocycles. The van der Waals surface area contributed by atoms with Crippen molar-refractivity contribution in [1.29, 1.82) is 0 Å². The van der Waals surface area contributed by atoms with E-state index >= 15 is 0 Å². The molecule has 0 amide bonds. The molecule has 0 saturated heterocycles. The molecular weight excluding hydrogens is 252 g/mol. The highest BCUT2D eigenvalue weighted by atomic mass is 32.2. The van der Waals surface area contributed by atoms with Crippen LogP contribution in [0.4, 0.5) is 5.69 Å². The molecule has 0 radical (unpaired) electrons. The zero-order valence-corrected chi connectivity index (χ0v) is 11.7. The smallest absolute Gasteiger partial charge is 0.161 e. The minimum absolute atomic E-state index is 0.194. The maximum Gasteiger partial charge on any atom is 0.161 e. The SMILES string of the molecule is CSC1=N[C@@H](c2ccccc2)Cc2ccccc2N1. The fourth-order valence-corrected chi connectivity index (χ4v) is 2.78. The number of aliphatic imine (C=N–C) groups is 1. The summed E-state index contributed by atoms with van der Waals surface area (Å²) >= 11 is 1.66. The number of thioether (sulfide) groups is 1. The maximum absolute atomic E-state index is 4.85. The van der Waals surface area contributed by atoms with Crippen molar-refractivity contribution in [3.63, 3.8) is 0 Å². The molecule has 0 bridgehead atoms. The molecule has 1 N–H and O–H groups in total. The van der Waals surface area contributed by atoms with Gasteiger partial charge >= 0.3 is 0 Å². The summed E-state index contributed by atoms with van der Waals surface area (Å²) in [6.07, 6.45) is 3.00. The van der Waals surface area contributed by atoms with E-state index in [1.807, 2.05) is 6.07 Å². The summed E-state index contributed by atoms with van der Waals surface area (Å²) in [6.45, 7) is 0. The number of nitrogens with zero attached hydrogens (tertiary/aromatic N) is 1. The topological polar surface area (TPSA) is 24.4 Å². The van der Waals surface area contributed by atoms with Crippen LogP contribution in [-0.2, 0) is 6.42 Å². The Morgan fingerprint density at radius 2 is 1.79 bits per heavy atom. The molecule has 0 saturated carbocycles. The van der Waals surface area contributed by atoms with Crippen molar-refractivity contribution < 1.29 is 0 Å². The Hall–Kier alpha value is -1.74. The van der Waals surface area contributed by atoms with Crippen LogP contribution in [0.2, 0.25) is 0 Å². The summed E-state index contributed by atoms with van der Waals surface area (Å²) in [5.74, 6) is 0. The third-order valence-corrected chi connectivity index (χ3v) is 3.92. The minimum Gasteiger partial charge on any atom is -0.335 e. The number of benzene rings is 2. The number of fused-ring (bicyclic) bond motifs is 1. The molecule has 0 spiro atoms. The predicted molar refractivity (Wildman–Crippen MR) is 83.9 cm³/mol. The second-order valence-corrected chi connectivity index (χ2v) is 5.35. The van der Waals surface area contributed by atoms with E-state index in [1.165, 1.54) is 16.8 Å². The molecular formula is C16H16N2S. The lowest BCUT2D eigenvalue weighted by atomic mass is 9.99.